The van der Waals surface area contributed by atoms with Gasteiger partial charge in [0.2, 0.25) is 5.91 Å². The molecule has 0 aromatic heterocycles. The van der Waals surface area contributed by atoms with Crippen molar-refractivity contribution in [2.24, 2.45) is 0 Å². The van der Waals surface area contributed by atoms with E-state index in [-0.39, 0.29) is 24.4 Å². The molecule has 3 aromatic rings. The minimum Gasteiger partial charge on any atom is -0.362 e. The molecule has 1 atom stereocenters. The summed E-state index contributed by atoms with van der Waals surface area (Å²) >= 11 is 6.32. The van der Waals surface area contributed by atoms with Crippen molar-refractivity contribution < 1.29 is 9.59 Å². The third-order valence-corrected chi connectivity index (χ3v) is 6.86. The summed E-state index contributed by atoms with van der Waals surface area (Å²) in [7, 11) is 4.11. The molecule has 2 amide bonds. The van der Waals surface area contributed by atoms with Crippen LogP contribution in [0.15, 0.2) is 72.8 Å². The van der Waals surface area contributed by atoms with Crippen molar-refractivity contribution in [2.75, 3.05) is 48.8 Å². The monoisotopic (exact) mass is 504 g/mol. The van der Waals surface area contributed by atoms with Crippen molar-refractivity contribution in [1.82, 2.24) is 4.90 Å². The molecule has 4 rings (SSSR count). The van der Waals surface area contributed by atoms with E-state index in [9.17, 15) is 9.59 Å². The van der Waals surface area contributed by atoms with E-state index < -0.39 is 0 Å². The molecule has 0 saturated heterocycles. The minimum atomic E-state index is -0.104. The number of likely N-dealkylation sites (N-methyl/N-ethyl adjacent to an activating group) is 1. The van der Waals surface area contributed by atoms with Crippen LogP contribution in [-0.2, 0) is 4.79 Å². The van der Waals surface area contributed by atoms with Crippen LogP contribution in [0.5, 0.6) is 0 Å². The van der Waals surface area contributed by atoms with Gasteiger partial charge in [-0.05, 0) is 94.0 Å². The molecule has 0 fully saturated rings. The van der Waals surface area contributed by atoms with E-state index in [1.165, 1.54) is 0 Å². The Balaban J connectivity index is 1.47. The van der Waals surface area contributed by atoms with E-state index in [4.69, 9.17) is 11.6 Å². The van der Waals surface area contributed by atoms with Crippen LogP contribution in [0.25, 0.3) is 0 Å². The molecule has 36 heavy (non-hydrogen) atoms. The molecule has 188 valence electrons. The predicted molar refractivity (Wildman–Crippen MR) is 148 cm³/mol. The highest BCUT2D eigenvalue weighted by Crippen LogP contribution is 2.37. The Kier molecular flexibility index (Phi) is 8.28. The Morgan fingerprint density at radius 3 is 2.42 bits per heavy atom. The number of nitrogens with zero attached hydrogens (tertiary/aromatic N) is 3. The molecule has 0 spiro atoms. The minimum absolute atomic E-state index is 0.0582. The maximum absolute atomic E-state index is 13.5. The lowest BCUT2D eigenvalue weighted by atomic mass is 10.0. The maximum atomic E-state index is 13.5. The lowest BCUT2D eigenvalue weighted by Gasteiger charge is -2.27. The largest absolute Gasteiger partial charge is 0.362 e. The Morgan fingerprint density at radius 1 is 1.03 bits per heavy atom. The topological polar surface area (TPSA) is 55.9 Å². The van der Waals surface area contributed by atoms with Crippen LogP contribution in [0, 0.1) is 0 Å². The first-order valence-corrected chi connectivity index (χ1v) is 12.7. The molecule has 6 nitrogen and oxygen atoms in total. The van der Waals surface area contributed by atoms with E-state index in [0.717, 1.165) is 36.3 Å². The number of fused-ring (bicyclic) bond motifs is 1. The van der Waals surface area contributed by atoms with Crippen LogP contribution in [0.1, 0.15) is 41.7 Å². The van der Waals surface area contributed by atoms with Gasteiger partial charge in [-0.3, -0.25) is 9.59 Å². The number of halogens is 1. The third-order valence-electron chi connectivity index (χ3n) is 6.62. The zero-order valence-electron chi connectivity index (χ0n) is 21.1. The zero-order chi connectivity index (χ0) is 25.7. The van der Waals surface area contributed by atoms with Crippen LogP contribution >= 0.6 is 11.6 Å². The highest BCUT2D eigenvalue weighted by Gasteiger charge is 2.28. The molecule has 1 aliphatic heterocycles. The first kappa shape index (κ1) is 25.7. The normalized spacial score (nSPS) is 15.2. The SMILES string of the molecule is CCN(CC(=O)Nc1ccc(C(=O)N2CCCC(N(C)C)c3cc(Cl)ccc32)cc1)c1ccccc1. The number of hydrogen-bond acceptors (Lipinski definition) is 4. The van der Waals surface area contributed by atoms with Crippen molar-refractivity contribution in [1.29, 1.82) is 0 Å². The van der Waals surface area contributed by atoms with Gasteiger partial charge in [-0.1, -0.05) is 29.8 Å². The van der Waals surface area contributed by atoms with Gasteiger partial charge >= 0.3 is 0 Å². The van der Waals surface area contributed by atoms with Crippen molar-refractivity contribution >= 4 is 40.5 Å². The summed E-state index contributed by atoms with van der Waals surface area (Å²) in [5.41, 5.74) is 4.22. The smallest absolute Gasteiger partial charge is 0.258 e. The molecule has 0 aliphatic carbocycles. The lowest BCUT2D eigenvalue weighted by molar-refractivity contribution is -0.115. The number of para-hydroxylation sites is 1. The summed E-state index contributed by atoms with van der Waals surface area (Å²) < 4.78 is 0. The molecular formula is C29H33ClN4O2. The summed E-state index contributed by atoms with van der Waals surface area (Å²) in [4.78, 5) is 32.2. The predicted octanol–water partition coefficient (Wildman–Crippen LogP) is 5.85. The number of nitrogens with one attached hydrogen (secondary N) is 1. The Labute approximate surface area is 218 Å². The first-order chi connectivity index (χ1) is 17.4. The van der Waals surface area contributed by atoms with Gasteiger partial charge in [0.1, 0.15) is 0 Å². The van der Waals surface area contributed by atoms with Gasteiger partial charge in [0, 0.05) is 46.8 Å². The van der Waals surface area contributed by atoms with Gasteiger partial charge in [0.25, 0.3) is 5.91 Å². The van der Waals surface area contributed by atoms with Crippen molar-refractivity contribution in [2.45, 2.75) is 25.8 Å². The fourth-order valence-corrected chi connectivity index (χ4v) is 4.93. The average molecular weight is 505 g/mol. The molecule has 1 aliphatic rings. The molecule has 1 heterocycles. The second-order valence-corrected chi connectivity index (χ2v) is 9.69. The van der Waals surface area contributed by atoms with Crippen LogP contribution < -0.4 is 15.1 Å². The first-order valence-electron chi connectivity index (χ1n) is 12.3. The van der Waals surface area contributed by atoms with Gasteiger partial charge in [0.15, 0.2) is 0 Å². The van der Waals surface area contributed by atoms with E-state index in [0.29, 0.717) is 22.8 Å². The number of benzene rings is 3. The van der Waals surface area contributed by atoms with Gasteiger partial charge in [-0.15, -0.1) is 0 Å². The summed E-state index contributed by atoms with van der Waals surface area (Å²) in [5.74, 6) is -0.162. The highest BCUT2D eigenvalue weighted by molar-refractivity contribution is 6.30. The van der Waals surface area contributed by atoms with Gasteiger partial charge in [0.05, 0.1) is 6.54 Å². The van der Waals surface area contributed by atoms with Crippen molar-refractivity contribution in [3.8, 4) is 0 Å². The number of anilines is 3. The summed E-state index contributed by atoms with van der Waals surface area (Å²) in [5, 5.41) is 3.62. The Hall–Kier alpha value is -3.35. The number of carbonyl (C=O) groups excluding carboxylic acids is 2. The van der Waals surface area contributed by atoms with Crippen LogP contribution in [0.3, 0.4) is 0 Å². The van der Waals surface area contributed by atoms with E-state index >= 15 is 0 Å². The van der Waals surface area contributed by atoms with Gasteiger partial charge in [-0.2, -0.15) is 0 Å². The van der Waals surface area contributed by atoms with Gasteiger partial charge < -0.3 is 20.0 Å². The summed E-state index contributed by atoms with van der Waals surface area (Å²) in [6, 6.07) is 22.9. The molecule has 7 heteroatoms. The lowest BCUT2D eigenvalue weighted by Crippen LogP contribution is -2.33. The number of rotatable bonds is 7. The maximum Gasteiger partial charge on any atom is 0.258 e. The Morgan fingerprint density at radius 2 is 1.75 bits per heavy atom. The molecule has 1 N–H and O–H groups in total. The second kappa shape index (κ2) is 11.6. The molecule has 0 bridgehead atoms. The molecular weight excluding hydrogens is 472 g/mol. The van der Waals surface area contributed by atoms with E-state index in [1.807, 2.05) is 65.3 Å². The number of amides is 2. The van der Waals surface area contributed by atoms with Crippen LogP contribution in [-0.4, -0.2) is 50.4 Å². The highest BCUT2D eigenvalue weighted by atomic mass is 35.5. The van der Waals surface area contributed by atoms with Gasteiger partial charge in [-0.25, -0.2) is 0 Å². The van der Waals surface area contributed by atoms with Crippen molar-refractivity contribution in [3.63, 3.8) is 0 Å². The van der Waals surface area contributed by atoms with E-state index in [1.54, 1.807) is 24.3 Å². The molecule has 1 unspecified atom stereocenters. The zero-order valence-corrected chi connectivity index (χ0v) is 21.8. The Bertz CT molecular complexity index is 1200. The number of hydrogen-bond donors (Lipinski definition) is 1. The summed E-state index contributed by atoms with van der Waals surface area (Å²) in [6.07, 6.45) is 1.84. The second-order valence-electron chi connectivity index (χ2n) is 9.26. The molecule has 0 saturated carbocycles. The number of carbonyl (C=O) groups is 2. The molecule has 0 radical (unpaired) electrons. The van der Waals surface area contributed by atoms with Crippen LogP contribution in [0.2, 0.25) is 5.02 Å². The summed E-state index contributed by atoms with van der Waals surface area (Å²) in [6.45, 7) is 3.64. The molecule has 3 aromatic carbocycles. The standard InChI is InChI=1S/C29H33ClN4O2/c1-4-33(24-9-6-5-7-10-24)20-28(35)31-23-15-12-21(13-16-23)29(36)34-18-8-11-26(32(2)3)25-19-22(30)14-17-27(25)34/h5-7,9-10,12-17,19,26H,4,8,11,18,20H2,1-3H3,(H,31,35). The quantitative estimate of drug-likeness (QED) is 0.438. The fraction of sp³-hybridized carbons (Fsp3) is 0.310. The third kappa shape index (κ3) is 5.89. The average Bonchev–Trinajstić information content (AvgIpc) is 3.07. The van der Waals surface area contributed by atoms with Crippen molar-refractivity contribution in [3.05, 3.63) is 88.9 Å². The van der Waals surface area contributed by atoms with E-state index in [2.05, 4.69) is 24.3 Å². The van der Waals surface area contributed by atoms with Crippen LogP contribution in [0.4, 0.5) is 17.1 Å². The fourth-order valence-electron chi connectivity index (χ4n) is 4.75.